The number of halogens is 1. The van der Waals surface area contributed by atoms with E-state index in [-0.39, 0.29) is 12.4 Å². The van der Waals surface area contributed by atoms with Crippen molar-refractivity contribution >= 4 is 29.3 Å². The largest absolute Gasteiger partial charge is 0.306 e. The first kappa shape index (κ1) is 15.1. The van der Waals surface area contributed by atoms with Crippen molar-refractivity contribution in [2.24, 2.45) is 5.92 Å². The van der Waals surface area contributed by atoms with Crippen molar-refractivity contribution in [2.45, 2.75) is 12.8 Å². The zero-order chi connectivity index (χ0) is 13.1. The van der Waals surface area contributed by atoms with Crippen molar-refractivity contribution in [3.8, 4) is 0 Å². The molecule has 0 atom stereocenters. The fourth-order valence-corrected chi connectivity index (χ4v) is 2.86. The van der Waals surface area contributed by atoms with Crippen molar-refractivity contribution in [2.75, 3.05) is 20.1 Å². The topological polar surface area (TPSA) is 3.24 Å². The molecule has 1 aliphatic heterocycles. The predicted octanol–water partition coefficient (Wildman–Crippen LogP) is 4.62. The summed E-state index contributed by atoms with van der Waals surface area (Å²) in [7, 11) is 2.21. The summed E-state index contributed by atoms with van der Waals surface area (Å²) >= 11 is 0. The van der Waals surface area contributed by atoms with Gasteiger partial charge in [-0.15, -0.1) is 12.4 Å². The Morgan fingerprint density at radius 2 is 1.70 bits per heavy atom. The summed E-state index contributed by atoms with van der Waals surface area (Å²) < 4.78 is 0. The molecule has 1 aliphatic rings. The molecule has 0 spiro atoms. The Kier molecular flexibility index (Phi) is 5.22. The van der Waals surface area contributed by atoms with Crippen LogP contribution in [0.15, 0.2) is 48.5 Å². The lowest BCUT2D eigenvalue weighted by Crippen LogP contribution is -2.29. The van der Waals surface area contributed by atoms with Crippen molar-refractivity contribution in [3.05, 3.63) is 54.1 Å². The van der Waals surface area contributed by atoms with Gasteiger partial charge in [-0.1, -0.05) is 54.6 Å². The van der Waals surface area contributed by atoms with Gasteiger partial charge in [0.05, 0.1) is 0 Å². The minimum Gasteiger partial charge on any atom is -0.306 e. The number of likely N-dealkylation sites (tertiary alicyclic amines) is 1. The van der Waals surface area contributed by atoms with Gasteiger partial charge in [-0.2, -0.15) is 0 Å². The summed E-state index contributed by atoms with van der Waals surface area (Å²) in [6, 6.07) is 15.2. The molecule has 2 aromatic rings. The number of benzene rings is 2. The SMILES string of the molecule is CN1CCC(C=Cc2cccc3ccccc23)CC1.Cl. The monoisotopic (exact) mass is 287 g/mol. The standard InChI is InChI=1S/C18H21N.ClH/c1-19-13-11-15(12-14-19)9-10-17-7-4-6-16-5-2-3-8-18(16)17;/h2-10,15H,11-14H2,1H3;1H. The van der Waals surface area contributed by atoms with Crippen LogP contribution >= 0.6 is 12.4 Å². The zero-order valence-corrected chi connectivity index (χ0v) is 12.8. The van der Waals surface area contributed by atoms with Gasteiger partial charge < -0.3 is 4.90 Å². The fraction of sp³-hybridized carbons (Fsp3) is 0.333. The van der Waals surface area contributed by atoms with Crippen LogP contribution in [-0.4, -0.2) is 25.0 Å². The van der Waals surface area contributed by atoms with Gasteiger partial charge in [-0.05, 0) is 55.2 Å². The number of fused-ring (bicyclic) bond motifs is 1. The smallest absolute Gasteiger partial charge is 0.00162 e. The maximum Gasteiger partial charge on any atom is -0.00162 e. The second kappa shape index (κ2) is 6.92. The lowest BCUT2D eigenvalue weighted by molar-refractivity contribution is 0.244. The molecule has 3 rings (SSSR count). The number of allylic oxidation sites excluding steroid dienone is 1. The normalized spacial score (nSPS) is 17.4. The first-order valence-corrected chi connectivity index (χ1v) is 7.17. The molecule has 0 aliphatic carbocycles. The van der Waals surface area contributed by atoms with E-state index in [1.807, 2.05) is 0 Å². The summed E-state index contributed by atoms with van der Waals surface area (Å²) in [6.07, 6.45) is 7.31. The highest BCUT2D eigenvalue weighted by Crippen LogP contribution is 2.22. The molecule has 0 bridgehead atoms. The summed E-state index contributed by atoms with van der Waals surface area (Å²) in [5.41, 5.74) is 1.34. The van der Waals surface area contributed by atoms with Gasteiger partial charge >= 0.3 is 0 Å². The molecule has 2 heteroatoms. The van der Waals surface area contributed by atoms with E-state index in [2.05, 4.69) is 66.6 Å². The number of hydrogen-bond donors (Lipinski definition) is 0. The third kappa shape index (κ3) is 3.41. The Labute approximate surface area is 127 Å². The fourth-order valence-electron chi connectivity index (χ4n) is 2.86. The van der Waals surface area contributed by atoms with E-state index in [1.165, 1.54) is 42.3 Å². The molecule has 1 nitrogen and oxygen atoms in total. The molecule has 1 heterocycles. The third-order valence-corrected chi connectivity index (χ3v) is 4.13. The molecule has 20 heavy (non-hydrogen) atoms. The van der Waals surface area contributed by atoms with Gasteiger partial charge in [-0.3, -0.25) is 0 Å². The molecular weight excluding hydrogens is 266 g/mol. The second-order valence-corrected chi connectivity index (χ2v) is 5.57. The van der Waals surface area contributed by atoms with Crippen LogP contribution in [0.1, 0.15) is 18.4 Å². The molecule has 0 saturated carbocycles. The first-order valence-electron chi connectivity index (χ1n) is 7.17. The molecule has 1 saturated heterocycles. The van der Waals surface area contributed by atoms with Crippen LogP contribution in [0.25, 0.3) is 16.8 Å². The lowest BCUT2D eigenvalue weighted by atomic mass is 9.95. The average Bonchev–Trinajstić information content (AvgIpc) is 2.47. The Balaban J connectivity index is 0.00000147. The minimum atomic E-state index is 0. The Bertz CT molecular complexity index is 577. The Morgan fingerprint density at radius 3 is 2.50 bits per heavy atom. The number of nitrogens with zero attached hydrogens (tertiary/aromatic N) is 1. The third-order valence-electron chi connectivity index (χ3n) is 4.13. The van der Waals surface area contributed by atoms with Crippen LogP contribution in [0.4, 0.5) is 0 Å². The number of rotatable bonds is 2. The molecule has 2 aromatic carbocycles. The lowest BCUT2D eigenvalue weighted by Gasteiger charge is -2.26. The van der Waals surface area contributed by atoms with Crippen LogP contribution in [0.2, 0.25) is 0 Å². The maximum absolute atomic E-state index is 2.42. The van der Waals surface area contributed by atoms with Crippen LogP contribution < -0.4 is 0 Å². The van der Waals surface area contributed by atoms with Gasteiger partial charge in [-0.25, -0.2) is 0 Å². The van der Waals surface area contributed by atoms with Crippen LogP contribution in [0, 0.1) is 5.92 Å². The van der Waals surface area contributed by atoms with Crippen molar-refractivity contribution in [3.63, 3.8) is 0 Å². The molecule has 0 unspecified atom stereocenters. The molecule has 106 valence electrons. The van der Waals surface area contributed by atoms with Crippen LogP contribution in [-0.2, 0) is 0 Å². The van der Waals surface area contributed by atoms with E-state index in [1.54, 1.807) is 0 Å². The van der Waals surface area contributed by atoms with Gasteiger partial charge in [0.15, 0.2) is 0 Å². The molecular formula is C18H22ClN. The van der Waals surface area contributed by atoms with Gasteiger partial charge in [0, 0.05) is 0 Å². The summed E-state index contributed by atoms with van der Waals surface area (Å²) in [4.78, 5) is 2.42. The molecule has 0 aromatic heterocycles. The molecule has 0 radical (unpaired) electrons. The van der Waals surface area contributed by atoms with Gasteiger partial charge in [0.2, 0.25) is 0 Å². The highest BCUT2D eigenvalue weighted by Gasteiger charge is 2.13. The Hall–Kier alpha value is -1.31. The summed E-state index contributed by atoms with van der Waals surface area (Å²) in [5, 5.41) is 2.68. The van der Waals surface area contributed by atoms with E-state index in [0.29, 0.717) is 0 Å². The highest BCUT2D eigenvalue weighted by molar-refractivity contribution is 5.90. The van der Waals surface area contributed by atoms with Crippen molar-refractivity contribution in [1.29, 1.82) is 0 Å². The van der Waals surface area contributed by atoms with Gasteiger partial charge in [0.25, 0.3) is 0 Å². The molecule has 0 N–H and O–H groups in total. The predicted molar refractivity (Wildman–Crippen MR) is 90.5 cm³/mol. The zero-order valence-electron chi connectivity index (χ0n) is 12.0. The van der Waals surface area contributed by atoms with Crippen LogP contribution in [0.5, 0.6) is 0 Å². The number of piperidine rings is 1. The first-order chi connectivity index (χ1) is 9.33. The van der Waals surface area contributed by atoms with E-state index in [9.17, 15) is 0 Å². The van der Waals surface area contributed by atoms with Crippen molar-refractivity contribution in [1.82, 2.24) is 4.90 Å². The maximum atomic E-state index is 2.42. The molecule has 0 amide bonds. The van der Waals surface area contributed by atoms with E-state index in [4.69, 9.17) is 0 Å². The number of hydrogen-bond acceptors (Lipinski definition) is 1. The van der Waals surface area contributed by atoms with E-state index < -0.39 is 0 Å². The van der Waals surface area contributed by atoms with Crippen LogP contribution in [0.3, 0.4) is 0 Å². The van der Waals surface area contributed by atoms with Gasteiger partial charge in [0.1, 0.15) is 0 Å². The summed E-state index contributed by atoms with van der Waals surface area (Å²) in [5.74, 6) is 0.746. The average molecular weight is 288 g/mol. The quantitative estimate of drug-likeness (QED) is 0.779. The Morgan fingerprint density at radius 1 is 1.00 bits per heavy atom. The minimum absolute atomic E-state index is 0. The van der Waals surface area contributed by atoms with E-state index in [0.717, 1.165) is 5.92 Å². The molecule has 1 fully saturated rings. The summed E-state index contributed by atoms with van der Waals surface area (Å²) in [6.45, 7) is 2.45. The van der Waals surface area contributed by atoms with E-state index >= 15 is 0 Å². The second-order valence-electron chi connectivity index (χ2n) is 5.57. The van der Waals surface area contributed by atoms with Crippen molar-refractivity contribution < 1.29 is 0 Å². The highest BCUT2D eigenvalue weighted by atomic mass is 35.5.